The number of hydrogen-bond donors (Lipinski definition) is 2. The summed E-state index contributed by atoms with van der Waals surface area (Å²) in [7, 11) is 0. The molecule has 1 heterocycles. The van der Waals surface area contributed by atoms with Crippen LogP contribution in [0.15, 0.2) is 8.42 Å². The largest absolute Gasteiger partial charge is 0.478 e. The van der Waals surface area contributed by atoms with Crippen molar-refractivity contribution < 1.29 is 19.8 Å². The fourth-order valence-electron chi connectivity index (χ4n) is 1.07. The van der Waals surface area contributed by atoms with Crippen LogP contribution < -0.4 is 0 Å². The zero-order chi connectivity index (χ0) is 11.6. The summed E-state index contributed by atoms with van der Waals surface area (Å²) in [5.74, 6) is -2.37. The third-order valence-electron chi connectivity index (χ3n) is 1.64. The quantitative estimate of drug-likeness (QED) is 0.814. The first kappa shape index (κ1) is 12.4. The first-order valence-electron chi connectivity index (χ1n) is 3.74. The first-order valence-corrected chi connectivity index (χ1v) is 7.00. The number of thioether (sulfide) groups is 2. The molecule has 0 radical (unpaired) electrons. The summed E-state index contributed by atoms with van der Waals surface area (Å²) in [4.78, 5) is 21.9. The normalized spacial score (nSPS) is 10.3. The third kappa shape index (κ3) is 2.30. The molecule has 0 saturated heterocycles. The van der Waals surface area contributed by atoms with E-state index >= 15 is 0 Å². The van der Waals surface area contributed by atoms with Crippen LogP contribution in [0.25, 0.3) is 0 Å². The van der Waals surface area contributed by atoms with Gasteiger partial charge >= 0.3 is 11.9 Å². The van der Waals surface area contributed by atoms with Gasteiger partial charge in [-0.25, -0.2) is 9.59 Å². The molecule has 82 valence electrons. The molecule has 0 bridgehead atoms. The van der Waals surface area contributed by atoms with Crippen LogP contribution in [0.5, 0.6) is 0 Å². The van der Waals surface area contributed by atoms with E-state index in [-0.39, 0.29) is 11.1 Å². The Bertz CT molecular complexity index is 374. The lowest BCUT2D eigenvalue weighted by Crippen LogP contribution is -2.06. The summed E-state index contributed by atoms with van der Waals surface area (Å²) >= 11 is 3.71. The molecule has 0 spiro atoms. The van der Waals surface area contributed by atoms with E-state index < -0.39 is 11.9 Å². The van der Waals surface area contributed by atoms with E-state index in [4.69, 9.17) is 10.2 Å². The number of aromatic carboxylic acids is 2. The summed E-state index contributed by atoms with van der Waals surface area (Å²) in [6.07, 6.45) is 3.46. The fourth-order valence-corrected chi connectivity index (χ4v) is 3.93. The molecule has 4 nitrogen and oxygen atoms in total. The maximum absolute atomic E-state index is 11.0. The molecule has 0 aliphatic rings. The van der Waals surface area contributed by atoms with E-state index in [1.807, 2.05) is 0 Å². The molecule has 0 aliphatic carbocycles. The molecule has 2 N–H and O–H groups in total. The van der Waals surface area contributed by atoms with Crippen molar-refractivity contribution in [2.45, 2.75) is 8.42 Å². The fraction of sp³-hybridized carbons (Fsp3) is 0.250. The molecule has 0 aromatic carbocycles. The maximum Gasteiger partial charge on any atom is 0.338 e. The Hall–Kier alpha value is -0.660. The van der Waals surface area contributed by atoms with E-state index in [0.29, 0.717) is 8.42 Å². The highest BCUT2D eigenvalue weighted by atomic mass is 32.2. The molecule has 0 aliphatic heterocycles. The monoisotopic (exact) mass is 264 g/mol. The van der Waals surface area contributed by atoms with Crippen LogP contribution in [0.2, 0.25) is 0 Å². The second-order valence-corrected chi connectivity index (χ2v) is 5.62. The Labute approximate surface area is 98.7 Å². The second kappa shape index (κ2) is 4.91. The van der Waals surface area contributed by atoms with Gasteiger partial charge in [-0.1, -0.05) is 0 Å². The molecule has 0 atom stereocenters. The average Bonchev–Trinajstić information content (AvgIpc) is 2.55. The van der Waals surface area contributed by atoms with Gasteiger partial charge in [-0.2, -0.15) is 0 Å². The molecule has 0 unspecified atom stereocenters. The van der Waals surface area contributed by atoms with Crippen molar-refractivity contribution >= 4 is 46.8 Å². The van der Waals surface area contributed by atoms with Crippen LogP contribution in [-0.4, -0.2) is 34.7 Å². The van der Waals surface area contributed by atoms with E-state index in [1.165, 1.54) is 34.9 Å². The number of carboxylic acids is 2. The standard InChI is InChI=1S/C8H8O4S3/c1-13-7-3(5(9)10)4(6(11)12)8(14-2)15-7/h1-2H3,(H,9,10)(H,11,12). The Morgan fingerprint density at radius 3 is 1.53 bits per heavy atom. The van der Waals surface area contributed by atoms with Gasteiger partial charge in [0.2, 0.25) is 0 Å². The van der Waals surface area contributed by atoms with Crippen molar-refractivity contribution in [2.24, 2.45) is 0 Å². The van der Waals surface area contributed by atoms with Gasteiger partial charge in [0.1, 0.15) is 0 Å². The van der Waals surface area contributed by atoms with E-state index in [0.717, 1.165) is 0 Å². The lowest BCUT2D eigenvalue weighted by atomic mass is 10.2. The minimum atomic E-state index is -1.19. The van der Waals surface area contributed by atoms with Crippen LogP contribution in [0.3, 0.4) is 0 Å². The second-order valence-electron chi connectivity index (χ2n) is 2.45. The number of hydrogen-bond acceptors (Lipinski definition) is 5. The highest BCUT2D eigenvalue weighted by molar-refractivity contribution is 8.02. The van der Waals surface area contributed by atoms with Crippen molar-refractivity contribution in [3.05, 3.63) is 11.1 Å². The summed E-state index contributed by atoms with van der Waals surface area (Å²) in [5, 5.41) is 17.9. The summed E-state index contributed by atoms with van der Waals surface area (Å²) in [5.41, 5.74) is -0.186. The minimum absolute atomic E-state index is 0.0932. The van der Waals surface area contributed by atoms with Crippen molar-refractivity contribution in [3.63, 3.8) is 0 Å². The molecular weight excluding hydrogens is 256 g/mol. The first-order chi connectivity index (χ1) is 7.02. The molecule has 7 heteroatoms. The number of thiophene rings is 1. The van der Waals surface area contributed by atoms with Gasteiger partial charge in [-0.15, -0.1) is 34.9 Å². The van der Waals surface area contributed by atoms with Gasteiger partial charge in [0.15, 0.2) is 0 Å². The van der Waals surface area contributed by atoms with Crippen LogP contribution in [0, 0.1) is 0 Å². The zero-order valence-electron chi connectivity index (χ0n) is 7.94. The van der Waals surface area contributed by atoms with Crippen molar-refractivity contribution in [2.75, 3.05) is 12.5 Å². The third-order valence-corrected chi connectivity index (χ3v) is 5.07. The Morgan fingerprint density at radius 2 is 1.33 bits per heavy atom. The van der Waals surface area contributed by atoms with Gasteiger partial charge in [-0.3, -0.25) is 0 Å². The van der Waals surface area contributed by atoms with E-state index in [1.54, 1.807) is 12.5 Å². The molecule has 1 aromatic heterocycles. The van der Waals surface area contributed by atoms with Crippen LogP contribution in [0.4, 0.5) is 0 Å². The molecule has 1 aromatic rings. The van der Waals surface area contributed by atoms with E-state index in [2.05, 4.69) is 0 Å². The van der Waals surface area contributed by atoms with Gasteiger partial charge in [-0.05, 0) is 12.5 Å². The van der Waals surface area contributed by atoms with E-state index in [9.17, 15) is 9.59 Å². The van der Waals surface area contributed by atoms with Gasteiger partial charge in [0.05, 0.1) is 19.5 Å². The zero-order valence-corrected chi connectivity index (χ0v) is 10.4. The van der Waals surface area contributed by atoms with Crippen molar-refractivity contribution in [1.82, 2.24) is 0 Å². The number of carbonyl (C=O) groups is 2. The molecular formula is C8H8O4S3. The SMILES string of the molecule is CSc1sc(SC)c(C(=O)O)c1C(=O)O. The molecule has 0 saturated carbocycles. The number of rotatable bonds is 4. The maximum atomic E-state index is 11.0. The van der Waals surface area contributed by atoms with Gasteiger partial charge < -0.3 is 10.2 Å². The summed E-state index contributed by atoms with van der Waals surface area (Å²) < 4.78 is 1.06. The van der Waals surface area contributed by atoms with Crippen molar-refractivity contribution in [3.8, 4) is 0 Å². The van der Waals surface area contributed by atoms with Crippen LogP contribution >= 0.6 is 34.9 Å². The molecule has 0 amide bonds. The highest BCUT2D eigenvalue weighted by Gasteiger charge is 2.27. The van der Waals surface area contributed by atoms with Crippen LogP contribution in [0.1, 0.15) is 20.7 Å². The molecule has 1 rings (SSSR count). The lowest BCUT2D eigenvalue weighted by Gasteiger charge is -1.97. The summed E-state index contributed by atoms with van der Waals surface area (Å²) in [6, 6.07) is 0. The van der Waals surface area contributed by atoms with Crippen molar-refractivity contribution in [1.29, 1.82) is 0 Å². The Kier molecular flexibility index (Phi) is 4.06. The van der Waals surface area contributed by atoms with Gasteiger partial charge in [0, 0.05) is 0 Å². The predicted molar refractivity (Wildman–Crippen MR) is 61.8 cm³/mol. The Balaban J connectivity index is 3.48. The number of carboxylic acid groups (broad SMARTS) is 2. The Morgan fingerprint density at radius 1 is 1.00 bits per heavy atom. The molecule has 15 heavy (non-hydrogen) atoms. The predicted octanol–water partition coefficient (Wildman–Crippen LogP) is 2.59. The summed E-state index contributed by atoms with van der Waals surface area (Å²) in [6.45, 7) is 0. The highest BCUT2D eigenvalue weighted by Crippen LogP contribution is 2.39. The minimum Gasteiger partial charge on any atom is -0.478 e. The average molecular weight is 264 g/mol. The topological polar surface area (TPSA) is 74.6 Å². The van der Waals surface area contributed by atoms with Gasteiger partial charge in [0.25, 0.3) is 0 Å². The lowest BCUT2D eigenvalue weighted by molar-refractivity contribution is 0.0648. The van der Waals surface area contributed by atoms with Crippen LogP contribution in [-0.2, 0) is 0 Å². The smallest absolute Gasteiger partial charge is 0.338 e. The molecule has 0 fully saturated rings.